The monoisotopic (exact) mass is 240 g/mol. The van der Waals surface area contributed by atoms with E-state index >= 15 is 0 Å². The summed E-state index contributed by atoms with van der Waals surface area (Å²) in [7, 11) is 0. The maximum absolute atomic E-state index is 12.2. The van der Waals surface area contributed by atoms with Gasteiger partial charge in [-0.15, -0.1) is 0 Å². The van der Waals surface area contributed by atoms with Crippen LogP contribution in [-0.2, 0) is 4.79 Å². The van der Waals surface area contributed by atoms with Gasteiger partial charge in [-0.3, -0.25) is 4.79 Å². The van der Waals surface area contributed by atoms with E-state index in [0.717, 1.165) is 4.90 Å². The Labute approximate surface area is 93.8 Å². The van der Waals surface area contributed by atoms with Gasteiger partial charge in [0.15, 0.2) is 0 Å². The number of hydrogen-bond acceptors (Lipinski definition) is 2. The topological polar surface area (TPSA) is 46.3 Å². The van der Waals surface area contributed by atoms with Gasteiger partial charge in [0, 0.05) is 6.54 Å². The molecule has 2 N–H and O–H groups in total. The molecule has 0 aromatic heterocycles. The third-order valence-corrected chi connectivity index (χ3v) is 2.26. The predicted molar refractivity (Wildman–Crippen MR) is 55.7 cm³/mol. The highest BCUT2D eigenvalue weighted by Gasteiger charge is 2.36. The van der Waals surface area contributed by atoms with Crippen LogP contribution in [0, 0.1) is 5.41 Å². The zero-order valence-electron chi connectivity index (χ0n) is 10.1. The van der Waals surface area contributed by atoms with Gasteiger partial charge in [0.1, 0.15) is 6.54 Å². The highest BCUT2D eigenvalue weighted by Crippen LogP contribution is 2.21. The smallest absolute Gasteiger partial charge is 0.333 e. The van der Waals surface area contributed by atoms with Gasteiger partial charge in [0.2, 0.25) is 5.91 Å². The molecule has 0 rings (SSSR count). The average Bonchev–Trinajstić information content (AvgIpc) is 2.08. The van der Waals surface area contributed by atoms with Crippen LogP contribution in [0.2, 0.25) is 0 Å². The summed E-state index contributed by atoms with van der Waals surface area (Å²) in [6.45, 7) is 5.41. The number of likely N-dealkylation sites (N-methyl/N-ethyl adjacent to an activating group) is 1. The summed E-state index contributed by atoms with van der Waals surface area (Å²) in [4.78, 5) is 12.4. The van der Waals surface area contributed by atoms with Crippen LogP contribution in [0.1, 0.15) is 27.7 Å². The van der Waals surface area contributed by atoms with E-state index in [-0.39, 0.29) is 6.54 Å². The Bertz CT molecular complexity index is 245. The van der Waals surface area contributed by atoms with Crippen LogP contribution >= 0.6 is 0 Å². The van der Waals surface area contributed by atoms with Gasteiger partial charge in [0.25, 0.3) is 0 Å². The molecule has 0 bridgehead atoms. The molecule has 0 unspecified atom stereocenters. The molecule has 1 amide bonds. The normalized spacial score (nSPS) is 14.8. The van der Waals surface area contributed by atoms with Crippen molar-refractivity contribution in [2.45, 2.75) is 39.9 Å². The number of rotatable bonds is 3. The Morgan fingerprint density at radius 3 is 2.00 bits per heavy atom. The molecule has 0 heterocycles. The zero-order valence-corrected chi connectivity index (χ0v) is 10.1. The maximum atomic E-state index is 12.2. The van der Waals surface area contributed by atoms with Gasteiger partial charge in [-0.2, -0.15) is 13.2 Å². The van der Waals surface area contributed by atoms with Crippen molar-refractivity contribution in [2.24, 2.45) is 11.1 Å². The van der Waals surface area contributed by atoms with Gasteiger partial charge in [0.05, 0.1) is 6.04 Å². The molecule has 0 aromatic carbocycles. The number of halogens is 3. The number of nitrogens with zero attached hydrogens (tertiary/aromatic N) is 1. The van der Waals surface area contributed by atoms with Crippen LogP contribution < -0.4 is 5.73 Å². The Kier molecular flexibility index (Phi) is 4.79. The summed E-state index contributed by atoms with van der Waals surface area (Å²) >= 11 is 0. The molecule has 0 aliphatic rings. The van der Waals surface area contributed by atoms with Crippen molar-refractivity contribution < 1.29 is 18.0 Å². The molecule has 0 saturated carbocycles. The molecule has 0 aliphatic carbocycles. The fraction of sp³-hybridized carbons (Fsp3) is 0.900. The van der Waals surface area contributed by atoms with Gasteiger partial charge in [-0.1, -0.05) is 20.8 Å². The Morgan fingerprint density at radius 1 is 1.31 bits per heavy atom. The van der Waals surface area contributed by atoms with Crippen LogP contribution in [0.25, 0.3) is 0 Å². The Hall–Kier alpha value is -0.780. The van der Waals surface area contributed by atoms with E-state index in [1.165, 1.54) is 6.92 Å². The van der Waals surface area contributed by atoms with Crippen molar-refractivity contribution >= 4 is 5.91 Å². The number of carbonyl (C=O) groups excluding carboxylic acids is 1. The Morgan fingerprint density at radius 2 is 1.75 bits per heavy atom. The molecule has 0 saturated heterocycles. The summed E-state index contributed by atoms with van der Waals surface area (Å²) in [5.41, 5.74) is 5.09. The minimum absolute atomic E-state index is 0.00211. The van der Waals surface area contributed by atoms with Crippen molar-refractivity contribution in [3.8, 4) is 0 Å². The predicted octanol–water partition coefficient (Wildman–Crippen LogP) is 1.77. The number of carbonyl (C=O) groups is 1. The third-order valence-electron chi connectivity index (χ3n) is 2.26. The van der Waals surface area contributed by atoms with Crippen molar-refractivity contribution in [3.05, 3.63) is 0 Å². The highest BCUT2D eigenvalue weighted by molar-refractivity contribution is 5.82. The molecule has 1 atom stereocenters. The molecule has 16 heavy (non-hydrogen) atoms. The molecule has 0 aliphatic heterocycles. The second-order valence-corrected chi connectivity index (χ2v) is 4.81. The van der Waals surface area contributed by atoms with Crippen LogP contribution in [0.15, 0.2) is 0 Å². The lowest BCUT2D eigenvalue weighted by Gasteiger charge is -2.31. The first-order chi connectivity index (χ1) is 6.99. The van der Waals surface area contributed by atoms with Gasteiger partial charge in [-0.05, 0) is 12.3 Å². The first-order valence-electron chi connectivity index (χ1n) is 5.10. The van der Waals surface area contributed by atoms with Crippen LogP contribution in [-0.4, -0.2) is 36.1 Å². The van der Waals surface area contributed by atoms with Crippen molar-refractivity contribution in [1.82, 2.24) is 4.90 Å². The summed E-state index contributed by atoms with van der Waals surface area (Å²) in [5, 5.41) is 0. The van der Waals surface area contributed by atoms with E-state index in [1.807, 2.05) is 0 Å². The molecular formula is C10H19F3N2O. The largest absolute Gasteiger partial charge is 0.406 e. The minimum atomic E-state index is -4.39. The maximum Gasteiger partial charge on any atom is 0.406 e. The fourth-order valence-electron chi connectivity index (χ4n) is 1.13. The average molecular weight is 240 g/mol. The van der Waals surface area contributed by atoms with Crippen LogP contribution in [0.4, 0.5) is 13.2 Å². The molecule has 0 radical (unpaired) electrons. The summed E-state index contributed by atoms with van der Waals surface area (Å²) < 4.78 is 36.5. The molecule has 96 valence electrons. The van der Waals surface area contributed by atoms with Crippen molar-refractivity contribution in [3.63, 3.8) is 0 Å². The molecule has 3 nitrogen and oxygen atoms in total. The van der Waals surface area contributed by atoms with Crippen LogP contribution in [0.3, 0.4) is 0 Å². The second-order valence-electron chi connectivity index (χ2n) is 4.81. The quantitative estimate of drug-likeness (QED) is 0.817. The minimum Gasteiger partial charge on any atom is -0.333 e. The molecule has 0 spiro atoms. The SMILES string of the molecule is CCN(CC(F)(F)F)C(=O)[C@@H](N)C(C)(C)C. The number of alkyl halides is 3. The lowest BCUT2D eigenvalue weighted by molar-refractivity contribution is -0.162. The third kappa shape index (κ3) is 4.83. The first-order valence-corrected chi connectivity index (χ1v) is 5.10. The lowest BCUT2D eigenvalue weighted by Crippen LogP contribution is -2.52. The van der Waals surface area contributed by atoms with Crippen molar-refractivity contribution in [2.75, 3.05) is 13.1 Å². The van der Waals surface area contributed by atoms with E-state index in [2.05, 4.69) is 0 Å². The number of amides is 1. The fourth-order valence-corrected chi connectivity index (χ4v) is 1.13. The summed E-state index contributed by atoms with van der Waals surface area (Å²) in [6.07, 6.45) is -4.39. The molecule has 0 aromatic rings. The molecule has 0 fully saturated rings. The van der Waals surface area contributed by atoms with E-state index in [0.29, 0.717) is 0 Å². The zero-order chi connectivity index (χ0) is 13.1. The highest BCUT2D eigenvalue weighted by atomic mass is 19.4. The number of hydrogen-bond donors (Lipinski definition) is 1. The van der Waals surface area contributed by atoms with Crippen molar-refractivity contribution in [1.29, 1.82) is 0 Å². The standard InChI is InChI=1S/C10H19F3N2O/c1-5-15(6-10(11,12)13)8(16)7(14)9(2,3)4/h7H,5-6,14H2,1-4H3/t7-/m1/s1. The second kappa shape index (κ2) is 5.03. The van der Waals surface area contributed by atoms with E-state index < -0.39 is 30.1 Å². The molecular weight excluding hydrogens is 221 g/mol. The van der Waals surface area contributed by atoms with E-state index in [9.17, 15) is 18.0 Å². The van der Waals surface area contributed by atoms with Gasteiger partial charge in [-0.25, -0.2) is 0 Å². The van der Waals surface area contributed by atoms with Gasteiger partial charge < -0.3 is 10.6 Å². The Balaban J connectivity index is 4.67. The van der Waals surface area contributed by atoms with Gasteiger partial charge >= 0.3 is 6.18 Å². The van der Waals surface area contributed by atoms with Crippen LogP contribution in [0.5, 0.6) is 0 Å². The number of nitrogens with two attached hydrogens (primary N) is 1. The molecule has 6 heteroatoms. The first kappa shape index (κ1) is 15.2. The van der Waals surface area contributed by atoms with E-state index in [1.54, 1.807) is 20.8 Å². The summed E-state index contributed by atoms with van der Waals surface area (Å²) in [5.74, 6) is -0.660. The lowest BCUT2D eigenvalue weighted by atomic mass is 9.86. The summed E-state index contributed by atoms with van der Waals surface area (Å²) in [6, 6.07) is -0.921. The van der Waals surface area contributed by atoms with E-state index in [4.69, 9.17) is 5.73 Å².